The van der Waals surface area contributed by atoms with Crippen LogP contribution in [-0.4, -0.2) is 52.1 Å². The third kappa shape index (κ3) is 8.79. The number of rotatable bonds is 12. The highest BCUT2D eigenvalue weighted by molar-refractivity contribution is 6.67. The average molecular weight is 655 g/mol. The number of halogens is 3. The quantitative estimate of drug-likeness (QED) is 0.143. The van der Waals surface area contributed by atoms with Crippen LogP contribution in [0.3, 0.4) is 0 Å². The lowest BCUT2D eigenvalue weighted by Crippen LogP contribution is -2.45. The fourth-order valence-corrected chi connectivity index (χ4v) is 6.23. The molecular weight excluding hydrogens is 617 g/mol. The molecule has 5 rings (SSSR count). The lowest BCUT2D eigenvalue weighted by molar-refractivity contribution is 0.141. The van der Waals surface area contributed by atoms with Gasteiger partial charge in [0, 0.05) is 37.1 Å². The third-order valence-corrected chi connectivity index (χ3v) is 8.41. The van der Waals surface area contributed by atoms with Crippen LogP contribution >= 0.6 is 34.8 Å². The fraction of sp³-hybridized carbons (Fsp3) is 0.371. The number of alkyl halides is 3. The first-order valence-electron chi connectivity index (χ1n) is 15.2. The highest BCUT2D eigenvalue weighted by atomic mass is 35.6. The monoisotopic (exact) mass is 653 g/mol. The maximum Gasteiger partial charge on any atom is 0.415 e. The Labute approximate surface area is 274 Å². The minimum atomic E-state index is -1.73. The molecule has 0 aliphatic heterocycles. The Morgan fingerprint density at radius 1 is 0.932 bits per heavy atom. The molecule has 6 nitrogen and oxygen atoms in total. The summed E-state index contributed by atoms with van der Waals surface area (Å²) in [4.78, 5) is 22.7. The average Bonchev–Trinajstić information content (AvgIpc) is 3.49. The smallest absolute Gasteiger partial charge is 0.415 e. The van der Waals surface area contributed by atoms with Gasteiger partial charge in [0.15, 0.2) is 0 Å². The Hall–Kier alpha value is -3.03. The number of aromatic nitrogens is 1. The van der Waals surface area contributed by atoms with Crippen LogP contribution in [0.15, 0.2) is 91.0 Å². The van der Waals surface area contributed by atoms with Crippen molar-refractivity contribution in [2.24, 2.45) is 5.92 Å². The minimum absolute atomic E-state index is 0.179. The molecule has 0 unspecified atom stereocenters. The Balaban J connectivity index is 1.45. The number of hydrogen-bond acceptors (Lipinski definition) is 5. The molecule has 9 heteroatoms. The van der Waals surface area contributed by atoms with Crippen LogP contribution in [-0.2, 0) is 17.7 Å². The first-order valence-corrected chi connectivity index (χ1v) is 16.3. The zero-order valence-corrected chi connectivity index (χ0v) is 27.1. The fourth-order valence-electron chi connectivity index (χ4n) is 6.07. The van der Waals surface area contributed by atoms with Crippen LogP contribution < -0.4 is 9.64 Å². The summed E-state index contributed by atoms with van der Waals surface area (Å²) in [5, 5.41) is 0.876. The molecule has 0 bridgehead atoms. The second-order valence-corrected chi connectivity index (χ2v) is 13.7. The van der Waals surface area contributed by atoms with Gasteiger partial charge in [-0.15, -0.1) is 0 Å². The molecular formula is C35H38Cl3N3O3. The second kappa shape index (κ2) is 15.3. The lowest BCUT2D eigenvalue weighted by atomic mass is 9.99. The van der Waals surface area contributed by atoms with Crippen molar-refractivity contribution in [1.82, 2.24) is 9.88 Å². The summed E-state index contributed by atoms with van der Waals surface area (Å²) >= 11 is 17.9. The Kier molecular flexibility index (Phi) is 11.3. The summed E-state index contributed by atoms with van der Waals surface area (Å²) in [6.45, 7) is 4.18. The van der Waals surface area contributed by atoms with Gasteiger partial charge in [-0.2, -0.15) is 0 Å². The molecule has 0 saturated heterocycles. The van der Waals surface area contributed by atoms with Gasteiger partial charge in [0.2, 0.25) is 3.79 Å². The summed E-state index contributed by atoms with van der Waals surface area (Å²) in [5.41, 5.74) is 3.30. The van der Waals surface area contributed by atoms with E-state index >= 15 is 0 Å². The molecule has 0 radical (unpaired) electrons. The van der Waals surface area contributed by atoms with E-state index in [1.807, 2.05) is 49.4 Å². The topological polar surface area (TPSA) is 54.9 Å². The van der Waals surface area contributed by atoms with Crippen molar-refractivity contribution in [3.8, 4) is 5.75 Å². The number of fused-ring (bicyclic) bond motifs is 1. The van der Waals surface area contributed by atoms with E-state index in [1.54, 1.807) is 4.90 Å². The van der Waals surface area contributed by atoms with E-state index < -0.39 is 9.89 Å². The number of carbonyl (C=O) groups excluding carboxylic acids is 1. The van der Waals surface area contributed by atoms with Crippen LogP contribution in [0.4, 0.5) is 10.6 Å². The number of para-hydroxylation sites is 1. The van der Waals surface area contributed by atoms with Crippen molar-refractivity contribution in [2.45, 2.75) is 49.0 Å². The van der Waals surface area contributed by atoms with Gasteiger partial charge in [-0.3, -0.25) is 9.80 Å². The molecule has 1 fully saturated rings. The van der Waals surface area contributed by atoms with Gasteiger partial charge in [-0.05, 0) is 55.4 Å². The van der Waals surface area contributed by atoms with Crippen molar-refractivity contribution < 1.29 is 14.3 Å². The number of hydrogen-bond donors (Lipinski definition) is 0. The number of pyridine rings is 1. The van der Waals surface area contributed by atoms with Gasteiger partial charge in [0.05, 0.1) is 12.1 Å². The zero-order chi connectivity index (χ0) is 30.9. The maximum atomic E-state index is 13.7. The number of anilines is 1. The van der Waals surface area contributed by atoms with Crippen LogP contribution in [0.2, 0.25) is 0 Å². The summed E-state index contributed by atoms with van der Waals surface area (Å²) in [5.74, 6) is 1.29. The Bertz CT molecular complexity index is 1500. The van der Waals surface area contributed by atoms with E-state index in [0.717, 1.165) is 49.7 Å². The molecule has 2 atom stereocenters. The molecule has 1 amide bonds. The molecule has 1 saturated carbocycles. The van der Waals surface area contributed by atoms with E-state index in [1.165, 1.54) is 11.1 Å². The number of benzene rings is 3. The lowest BCUT2D eigenvalue weighted by Gasteiger charge is -2.35. The van der Waals surface area contributed by atoms with Crippen LogP contribution in [0.25, 0.3) is 10.9 Å². The van der Waals surface area contributed by atoms with Crippen molar-refractivity contribution in [2.75, 3.05) is 31.2 Å². The van der Waals surface area contributed by atoms with Crippen LogP contribution in [0.5, 0.6) is 5.75 Å². The van der Waals surface area contributed by atoms with Gasteiger partial charge in [0.25, 0.3) is 0 Å². The predicted octanol–water partition coefficient (Wildman–Crippen LogP) is 8.86. The number of ether oxygens (including phenoxy) is 2. The molecule has 1 aromatic heterocycles. The molecule has 0 spiro atoms. The van der Waals surface area contributed by atoms with Gasteiger partial charge in [-0.25, -0.2) is 9.78 Å². The molecule has 1 aliphatic carbocycles. The van der Waals surface area contributed by atoms with Crippen LogP contribution in [0, 0.1) is 5.92 Å². The first-order chi connectivity index (χ1) is 21.3. The molecule has 232 valence electrons. The largest absolute Gasteiger partial charge is 0.493 e. The van der Waals surface area contributed by atoms with Gasteiger partial charge >= 0.3 is 6.09 Å². The molecule has 3 aromatic carbocycles. The van der Waals surface area contributed by atoms with Crippen molar-refractivity contribution in [3.05, 3.63) is 102 Å². The summed E-state index contributed by atoms with van der Waals surface area (Å²) in [6, 6.07) is 30.9. The molecule has 0 N–H and O–H groups in total. The summed E-state index contributed by atoms with van der Waals surface area (Å²) in [7, 11) is 0. The van der Waals surface area contributed by atoms with E-state index in [4.69, 9.17) is 49.3 Å². The molecule has 1 heterocycles. The standard InChI is InChI=1S/C35H38Cl3N3O3/c1-2-43-32-22-33(39-30-18-10-9-17-29(30)32)41(34(42)44-25-35(36,37)38)24-28-16-11-19-31(28)40(23-27-14-7-4-8-15-27)21-20-26-12-5-3-6-13-26/h3-10,12-15,17-18,22,28,31H,2,11,16,19-21,23-25H2,1H3/t28-,31-/m1/s1. The molecule has 4 aromatic rings. The van der Waals surface area contributed by atoms with Crippen molar-refractivity contribution in [1.29, 1.82) is 0 Å². The predicted molar refractivity (Wildman–Crippen MR) is 180 cm³/mol. The molecule has 1 aliphatic rings. The molecule has 44 heavy (non-hydrogen) atoms. The summed E-state index contributed by atoms with van der Waals surface area (Å²) < 4.78 is 9.79. The van der Waals surface area contributed by atoms with Crippen LogP contribution in [0.1, 0.15) is 37.3 Å². The Morgan fingerprint density at radius 3 is 2.32 bits per heavy atom. The van der Waals surface area contributed by atoms with Gasteiger partial charge in [-0.1, -0.05) is 114 Å². The second-order valence-electron chi connectivity index (χ2n) is 11.2. The van der Waals surface area contributed by atoms with Gasteiger partial charge < -0.3 is 9.47 Å². The SMILES string of the molecule is CCOc1cc(N(C[C@H]2CCC[C@H]2N(CCc2ccccc2)Cc2ccccc2)C(=O)OCC(Cl)(Cl)Cl)nc2ccccc12. The van der Waals surface area contributed by atoms with Gasteiger partial charge in [0.1, 0.15) is 18.2 Å². The normalized spacial score (nSPS) is 16.8. The maximum absolute atomic E-state index is 13.7. The first kappa shape index (κ1) is 32.4. The summed E-state index contributed by atoms with van der Waals surface area (Å²) in [6.07, 6.45) is 3.42. The Morgan fingerprint density at radius 2 is 1.61 bits per heavy atom. The zero-order valence-electron chi connectivity index (χ0n) is 24.9. The number of nitrogens with zero attached hydrogens (tertiary/aromatic N) is 3. The third-order valence-electron chi connectivity index (χ3n) is 8.08. The van der Waals surface area contributed by atoms with E-state index in [-0.39, 0.29) is 18.6 Å². The van der Waals surface area contributed by atoms with Crippen molar-refractivity contribution >= 4 is 57.6 Å². The highest BCUT2D eigenvalue weighted by Crippen LogP contribution is 2.35. The van der Waals surface area contributed by atoms with E-state index in [2.05, 4.69) is 53.4 Å². The van der Waals surface area contributed by atoms with E-state index in [0.29, 0.717) is 24.7 Å². The minimum Gasteiger partial charge on any atom is -0.493 e. The number of carbonyl (C=O) groups is 1. The van der Waals surface area contributed by atoms with E-state index in [9.17, 15) is 4.79 Å². The number of amides is 1. The van der Waals surface area contributed by atoms with Crippen molar-refractivity contribution in [3.63, 3.8) is 0 Å². The highest BCUT2D eigenvalue weighted by Gasteiger charge is 2.36.